The Morgan fingerprint density at radius 3 is 2.55 bits per heavy atom. The molecule has 0 aliphatic carbocycles. The van der Waals surface area contributed by atoms with E-state index >= 15 is 0 Å². The van der Waals surface area contributed by atoms with Gasteiger partial charge in [-0.25, -0.2) is 8.42 Å². The van der Waals surface area contributed by atoms with Crippen LogP contribution in [0.4, 0.5) is 5.69 Å². The van der Waals surface area contributed by atoms with Crippen LogP contribution in [0.5, 0.6) is 5.75 Å². The molecule has 0 bridgehead atoms. The van der Waals surface area contributed by atoms with Gasteiger partial charge in [0, 0.05) is 18.7 Å². The van der Waals surface area contributed by atoms with E-state index in [1.807, 2.05) is 0 Å². The number of hydrogen-bond donors (Lipinski definition) is 1. The first-order chi connectivity index (χ1) is 10.2. The number of methoxy groups -OCH3 is 1. The third-order valence-electron chi connectivity index (χ3n) is 2.76. The molecule has 0 aliphatic heterocycles. The van der Waals surface area contributed by atoms with Gasteiger partial charge < -0.3 is 9.84 Å². The number of nitrogens with zero attached hydrogens (tertiary/aromatic N) is 2. The third kappa shape index (κ3) is 3.92. The number of rotatable bonds is 8. The Hall–Kier alpha value is -2.20. The molecule has 0 aromatic heterocycles. The summed E-state index contributed by atoms with van der Waals surface area (Å²) in [6, 6.07) is 3.13. The minimum absolute atomic E-state index is 0.0273. The van der Waals surface area contributed by atoms with Gasteiger partial charge in [-0.15, -0.1) is 0 Å². The van der Waals surface area contributed by atoms with Crippen molar-refractivity contribution in [3.63, 3.8) is 0 Å². The number of nitro groups is 1. The molecule has 22 heavy (non-hydrogen) atoms. The van der Waals surface area contributed by atoms with Crippen LogP contribution in [0, 0.1) is 10.1 Å². The predicted octanol–water partition coefficient (Wildman–Crippen LogP) is 1.09. The number of carboxylic acids is 1. The molecule has 0 amide bonds. The van der Waals surface area contributed by atoms with Crippen LogP contribution in [-0.4, -0.2) is 48.9 Å². The quantitative estimate of drug-likeness (QED) is 0.557. The average molecular weight is 332 g/mol. The largest absolute Gasteiger partial charge is 0.495 e. The molecule has 0 aliphatic rings. The lowest BCUT2D eigenvalue weighted by atomic mass is 10.3. The molecule has 0 spiro atoms. The fraction of sp³-hybridized carbons (Fsp3) is 0.417. The van der Waals surface area contributed by atoms with E-state index in [4.69, 9.17) is 9.84 Å². The smallest absolute Gasteiger partial charge is 0.318 e. The Morgan fingerprint density at radius 2 is 2.09 bits per heavy atom. The Bertz CT molecular complexity index is 672. The van der Waals surface area contributed by atoms with Crippen molar-refractivity contribution < 1.29 is 28.0 Å². The van der Waals surface area contributed by atoms with E-state index in [0.29, 0.717) is 6.42 Å². The van der Waals surface area contributed by atoms with Gasteiger partial charge in [-0.1, -0.05) is 6.92 Å². The van der Waals surface area contributed by atoms with Crippen LogP contribution in [0.1, 0.15) is 13.3 Å². The van der Waals surface area contributed by atoms with E-state index in [0.717, 1.165) is 22.5 Å². The maximum Gasteiger partial charge on any atom is 0.318 e. The molecule has 0 atom stereocenters. The van der Waals surface area contributed by atoms with Crippen molar-refractivity contribution in [3.8, 4) is 5.75 Å². The summed E-state index contributed by atoms with van der Waals surface area (Å²) in [5, 5.41) is 19.7. The Kier molecular flexibility index (Phi) is 5.83. The van der Waals surface area contributed by atoms with E-state index in [1.54, 1.807) is 6.92 Å². The molecule has 1 N–H and O–H groups in total. The Balaban J connectivity index is 3.43. The van der Waals surface area contributed by atoms with Crippen molar-refractivity contribution in [2.45, 2.75) is 18.2 Å². The van der Waals surface area contributed by atoms with Crippen LogP contribution in [0.3, 0.4) is 0 Å². The van der Waals surface area contributed by atoms with Gasteiger partial charge in [0.25, 0.3) is 5.69 Å². The first-order valence-electron chi connectivity index (χ1n) is 6.28. The number of nitro benzene ring substituents is 1. The van der Waals surface area contributed by atoms with Crippen LogP contribution in [0.15, 0.2) is 23.1 Å². The van der Waals surface area contributed by atoms with Gasteiger partial charge in [0.15, 0.2) is 0 Å². The van der Waals surface area contributed by atoms with Gasteiger partial charge in [0.2, 0.25) is 10.0 Å². The molecule has 0 unspecified atom stereocenters. The van der Waals surface area contributed by atoms with E-state index in [2.05, 4.69) is 0 Å². The van der Waals surface area contributed by atoms with Crippen molar-refractivity contribution in [2.24, 2.45) is 0 Å². The summed E-state index contributed by atoms with van der Waals surface area (Å²) in [4.78, 5) is 20.5. The normalized spacial score (nSPS) is 11.4. The minimum Gasteiger partial charge on any atom is -0.495 e. The molecule has 1 rings (SSSR count). The first-order valence-corrected chi connectivity index (χ1v) is 7.72. The minimum atomic E-state index is -4.23. The van der Waals surface area contributed by atoms with E-state index in [-0.39, 0.29) is 12.3 Å². The lowest BCUT2D eigenvalue weighted by molar-refractivity contribution is -0.385. The number of sulfonamides is 1. The van der Waals surface area contributed by atoms with Crippen LogP contribution in [0.25, 0.3) is 0 Å². The maximum atomic E-state index is 12.6. The van der Waals surface area contributed by atoms with Crippen molar-refractivity contribution in [1.82, 2.24) is 4.31 Å². The van der Waals surface area contributed by atoms with Gasteiger partial charge in [-0.3, -0.25) is 14.9 Å². The highest BCUT2D eigenvalue weighted by atomic mass is 32.2. The Morgan fingerprint density at radius 1 is 1.45 bits per heavy atom. The molecule has 9 nitrogen and oxygen atoms in total. The zero-order valence-corrected chi connectivity index (χ0v) is 12.9. The molecular formula is C12H16N2O7S. The van der Waals surface area contributed by atoms with Crippen LogP contribution < -0.4 is 4.74 Å². The van der Waals surface area contributed by atoms with Crippen molar-refractivity contribution in [3.05, 3.63) is 28.3 Å². The summed E-state index contributed by atoms with van der Waals surface area (Å²) in [5.74, 6) is -1.40. The maximum absolute atomic E-state index is 12.6. The van der Waals surface area contributed by atoms with E-state index in [1.165, 1.54) is 7.11 Å². The zero-order chi connectivity index (χ0) is 16.9. The fourth-order valence-electron chi connectivity index (χ4n) is 1.80. The summed E-state index contributed by atoms with van der Waals surface area (Å²) < 4.78 is 30.8. The number of hydrogen-bond acceptors (Lipinski definition) is 6. The standard InChI is InChI=1S/C12H16N2O7S/c1-3-6-13(8-12(15)16)22(19,20)11-7-9(14(17)18)4-5-10(11)21-2/h4-5,7H,3,6,8H2,1-2H3,(H,15,16). The topological polar surface area (TPSA) is 127 Å². The molecule has 0 heterocycles. The van der Waals surface area contributed by atoms with Gasteiger partial charge in [0.05, 0.1) is 12.0 Å². The SMILES string of the molecule is CCCN(CC(=O)O)S(=O)(=O)c1cc([N+](=O)[O-])ccc1OC. The average Bonchev–Trinajstić information content (AvgIpc) is 2.45. The van der Waals surface area contributed by atoms with Crippen LogP contribution in [0.2, 0.25) is 0 Å². The molecule has 1 aromatic rings. The molecule has 0 saturated heterocycles. The van der Waals surface area contributed by atoms with Crippen molar-refractivity contribution in [2.75, 3.05) is 20.2 Å². The molecule has 122 valence electrons. The summed E-state index contributed by atoms with van der Waals surface area (Å²) in [6.45, 7) is 0.928. The lowest BCUT2D eigenvalue weighted by Crippen LogP contribution is -2.36. The van der Waals surface area contributed by atoms with Crippen LogP contribution >= 0.6 is 0 Å². The molecule has 1 aromatic carbocycles. The highest BCUT2D eigenvalue weighted by Gasteiger charge is 2.30. The fourth-order valence-corrected chi connectivity index (χ4v) is 3.46. The predicted molar refractivity (Wildman–Crippen MR) is 76.3 cm³/mol. The zero-order valence-electron chi connectivity index (χ0n) is 12.1. The number of carboxylic acid groups (broad SMARTS) is 1. The second kappa shape index (κ2) is 7.18. The number of non-ortho nitro benzene ring substituents is 1. The molecule has 10 heteroatoms. The molecule has 0 radical (unpaired) electrons. The van der Waals surface area contributed by atoms with Crippen molar-refractivity contribution >= 4 is 21.7 Å². The third-order valence-corrected chi connectivity index (χ3v) is 4.63. The molecule has 0 saturated carbocycles. The summed E-state index contributed by atoms with van der Waals surface area (Å²) in [7, 11) is -3.01. The van der Waals surface area contributed by atoms with Crippen molar-refractivity contribution in [1.29, 1.82) is 0 Å². The number of carbonyl (C=O) groups is 1. The van der Waals surface area contributed by atoms with Gasteiger partial charge in [-0.2, -0.15) is 4.31 Å². The summed E-state index contributed by atoms with van der Waals surface area (Å²) in [6.07, 6.45) is 0.393. The second-order valence-corrected chi connectivity index (χ2v) is 6.23. The molecule has 0 fully saturated rings. The first kappa shape index (κ1) is 17.9. The number of aliphatic carboxylic acids is 1. The van der Waals surface area contributed by atoms with E-state index < -0.39 is 38.0 Å². The monoisotopic (exact) mass is 332 g/mol. The summed E-state index contributed by atoms with van der Waals surface area (Å²) >= 11 is 0. The van der Waals surface area contributed by atoms with Gasteiger partial charge in [-0.05, 0) is 12.5 Å². The molecular weight excluding hydrogens is 316 g/mol. The van der Waals surface area contributed by atoms with E-state index in [9.17, 15) is 23.3 Å². The highest BCUT2D eigenvalue weighted by Crippen LogP contribution is 2.30. The second-order valence-electron chi connectivity index (χ2n) is 4.32. The number of benzene rings is 1. The lowest BCUT2D eigenvalue weighted by Gasteiger charge is -2.20. The highest BCUT2D eigenvalue weighted by molar-refractivity contribution is 7.89. The van der Waals surface area contributed by atoms with Gasteiger partial charge in [0.1, 0.15) is 17.2 Å². The van der Waals surface area contributed by atoms with Crippen LogP contribution in [-0.2, 0) is 14.8 Å². The Labute approximate surface area is 127 Å². The number of ether oxygens (including phenoxy) is 1. The summed E-state index contributed by atoms with van der Waals surface area (Å²) in [5.41, 5.74) is -0.425. The van der Waals surface area contributed by atoms with Gasteiger partial charge >= 0.3 is 5.97 Å².